The molecule has 0 atom stereocenters. The van der Waals surface area contributed by atoms with Crippen LogP contribution in [0.2, 0.25) is 0 Å². The molecule has 0 amide bonds. The van der Waals surface area contributed by atoms with Gasteiger partial charge in [0.05, 0.1) is 5.69 Å². The topological polar surface area (TPSA) is 61.9 Å². The van der Waals surface area contributed by atoms with Gasteiger partial charge in [0, 0.05) is 18.7 Å². The Labute approximate surface area is 118 Å². The number of oxime groups is 1. The van der Waals surface area contributed by atoms with Gasteiger partial charge in [-0.05, 0) is 55.7 Å². The Morgan fingerprint density at radius 3 is 2.30 bits per heavy atom. The lowest BCUT2D eigenvalue weighted by atomic mass is 10.1. The molecule has 3 N–H and O–H groups in total. The Morgan fingerprint density at radius 2 is 1.85 bits per heavy atom. The summed E-state index contributed by atoms with van der Waals surface area (Å²) in [4.78, 5) is 2.17. The highest BCUT2D eigenvalue weighted by molar-refractivity contribution is 5.97. The highest BCUT2D eigenvalue weighted by Gasteiger charge is 2.30. The fourth-order valence-corrected chi connectivity index (χ4v) is 2.48. The van der Waals surface area contributed by atoms with Gasteiger partial charge in [0.25, 0.3) is 0 Å². The molecule has 0 spiro atoms. The van der Waals surface area contributed by atoms with Gasteiger partial charge >= 0.3 is 0 Å². The average Bonchev–Trinajstić information content (AvgIpc) is 3.32. The number of nitrogens with two attached hydrogens (primary N) is 1. The molecule has 1 aromatic carbocycles. The van der Waals surface area contributed by atoms with E-state index in [0.717, 1.165) is 24.9 Å². The third-order valence-corrected chi connectivity index (χ3v) is 4.04. The molecule has 5 heteroatoms. The molecule has 2 aliphatic carbocycles. The van der Waals surface area contributed by atoms with Gasteiger partial charge in [-0.2, -0.15) is 0 Å². The van der Waals surface area contributed by atoms with E-state index in [0.29, 0.717) is 11.3 Å². The lowest BCUT2D eigenvalue weighted by Gasteiger charge is -2.25. The Kier molecular flexibility index (Phi) is 3.51. The van der Waals surface area contributed by atoms with Crippen LogP contribution < -0.4 is 10.6 Å². The summed E-state index contributed by atoms with van der Waals surface area (Å²) in [5, 5.41) is 11.5. The zero-order valence-corrected chi connectivity index (χ0v) is 11.4. The molecule has 20 heavy (non-hydrogen) atoms. The Balaban J connectivity index is 1.81. The van der Waals surface area contributed by atoms with Crippen molar-refractivity contribution >= 4 is 11.5 Å². The minimum Gasteiger partial charge on any atom is -0.409 e. The lowest BCUT2D eigenvalue weighted by molar-refractivity contribution is 0.318. The molecule has 2 saturated carbocycles. The molecule has 0 radical (unpaired) electrons. The molecule has 1 aromatic rings. The zero-order valence-electron chi connectivity index (χ0n) is 11.4. The molecular formula is C15H20FN3O. The third-order valence-electron chi connectivity index (χ3n) is 4.04. The number of rotatable bonds is 6. The summed E-state index contributed by atoms with van der Waals surface area (Å²) < 4.78 is 14.3. The van der Waals surface area contributed by atoms with Crippen LogP contribution in [0.4, 0.5) is 10.1 Å². The van der Waals surface area contributed by atoms with Crippen LogP contribution in [0.5, 0.6) is 0 Å². The first-order chi connectivity index (χ1) is 9.67. The van der Waals surface area contributed by atoms with Crippen molar-refractivity contribution < 1.29 is 9.60 Å². The van der Waals surface area contributed by atoms with E-state index in [4.69, 9.17) is 10.9 Å². The van der Waals surface area contributed by atoms with E-state index in [1.54, 1.807) is 12.1 Å². The molecule has 108 valence electrons. The van der Waals surface area contributed by atoms with Crippen molar-refractivity contribution in [3.8, 4) is 0 Å². The Bertz CT molecular complexity index is 510. The fourth-order valence-electron chi connectivity index (χ4n) is 2.48. The Hall–Kier alpha value is -1.78. The molecule has 0 aliphatic heterocycles. The van der Waals surface area contributed by atoms with Gasteiger partial charge in [-0.25, -0.2) is 4.39 Å². The molecule has 0 aromatic heterocycles. The fraction of sp³-hybridized carbons (Fsp3) is 0.533. The predicted octanol–water partition coefficient (Wildman–Crippen LogP) is 2.55. The molecule has 0 heterocycles. The van der Waals surface area contributed by atoms with Crippen LogP contribution in [0.15, 0.2) is 23.4 Å². The maximum Gasteiger partial charge on any atom is 0.170 e. The van der Waals surface area contributed by atoms with Crippen LogP contribution in [-0.2, 0) is 0 Å². The Morgan fingerprint density at radius 1 is 1.25 bits per heavy atom. The number of hydrogen-bond acceptors (Lipinski definition) is 3. The quantitative estimate of drug-likeness (QED) is 0.363. The van der Waals surface area contributed by atoms with E-state index >= 15 is 0 Å². The third kappa shape index (κ3) is 3.03. The largest absolute Gasteiger partial charge is 0.409 e. The highest BCUT2D eigenvalue weighted by Crippen LogP contribution is 2.36. The van der Waals surface area contributed by atoms with E-state index in [2.05, 4.69) is 10.1 Å². The van der Waals surface area contributed by atoms with Crippen LogP contribution >= 0.6 is 0 Å². The van der Waals surface area contributed by atoms with Crippen LogP contribution in [0.1, 0.15) is 31.2 Å². The minimum atomic E-state index is -0.296. The van der Waals surface area contributed by atoms with E-state index in [1.165, 1.54) is 31.7 Å². The first-order valence-corrected chi connectivity index (χ1v) is 7.19. The SMILES string of the molecule is NC(=NO)c1ccc(N(CC2CC2)CC2CC2)c(F)c1. The molecule has 0 saturated heterocycles. The summed E-state index contributed by atoms with van der Waals surface area (Å²) in [7, 11) is 0. The van der Waals surface area contributed by atoms with Crippen molar-refractivity contribution in [3.63, 3.8) is 0 Å². The van der Waals surface area contributed by atoms with Crippen molar-refractivity contribution in [1.82, 2.24) is 0 Å². The summed E-state index contributed by atoms with van der Waals surface area (Å²) in [5.74, 6) is 1.08. The highest BCUT2D eigenvalue weighted by atomic mass is 19.1. The molecule has 4 nitrogen and oxygen atoms in total. The second-order valence-electron chi connectivity index (χ2n) is 5.94. The number of nitrogens with zero attached hydrogens (tertiary/aromatic N) is 2. The van der Waals surface area contributed by atoms with E-state index in [9.17, 15) is 4.39 Å². The molecule has 0 bridgehead atoms. The lowest BCUT2D eigenvalue weighted by Crippen LogP contribution is -2.29. The van der Waals surface area contributed by atoms with Gasteiger partial charge in [-0.3, -0.25) is 0 Å². The maximum absolute atomic E-state index is 14.3. The molecule has 0 unspecified atom stereocenters. The van der Waals surface area contributed by atoms with Crippen molar-refractivity contribution in [2.24, 2.45) is 22.7 Å². The van der Waals surface area contributed by atoms with Crippen LogP contribution in [0.3, 0.4) is 0 Å². The van der Waals surface area contributed by atoms with Crippen molar-refractivity contribution in [3.05, 3.63) is 29.6 Å². The first-order valence-electron chi connectivity index (χ1n) is 7.19. The van der Waals surface area contributed by atoms with Crippen molar-refractivity contribution in [2.75, 3.05) is 18.0 Å². The molecule has 2 aliphatic rings. The molecular weight excluding hydrogens is 257 g/mol. The van der Waals surface area contributed by atoms with Crippen LogP contribution in [-0.4, -0.2) is 24.1 Å². The monoisotopic (exact) mass is 277 g/mol. The minimum absolute atomic E-state index is 0.0635. The second kappa shape index (κ2) is 5.31. The number of anilines is 1. The number of benzene rings is 1. The van der Waals surface area contributed by atoms with Gasteiger partial charge in [-0.15, -0.1) is 0 Å². The van der Waals surface area contributed by atoms with Crippen molar-refractivity contribution in [1.29, 1.82) is 0 Å². The summed E-state index contributed by atoms with van der Waals surface area (Å²) >= 11 is 0. The van der Waals surface area contributed by atoms with Crippen molar-refractivity contribution in [2.45, 2.75) is 25.7 Å². The first kappa shape index (κ1) is 13.2. The predicted molar refractivity (Wildman–Crippen MR) is 76.6 cm³/mol. The van der Waals surface area contributed by atoms with Crippen LogP contribution in [0.25, 0.3) is 0 Å². The number of amidine groups is 1. The van der Waals surface area contributed by atoms with Gasteiger partial charge < -0.3 is 15.8 Å². The summed E-state index contributed by atoms with van der Waals surface area (Å²) in [5.41, 5.74) is 6.54. The van der Waals surface area contributed by atoms with Gasteiger partial charge in [0.15, 0.2) is 5.84 Å². The smallest absolute Gasteiger partial charge is 0.170 e. The molecule has 3 rings (SSSR count). The van der Waals surface area contributed by atoms with Gasteiger partial charge in [0.1, 0.15) is 5.82 Å². The van der Waals surface area contributed by atoms with Crippen LogP contribution in [0, 0.1) is 17.7 Å². The van der Waals surface area contributed by atoms with E-state index in [-0.39, 0.29) is 11.7 Å². The number of hydrogen-bond donors (Lipinski definition) is 2. The second-order valence-corrected chi connectivity index (χ2v) is 5.94. The van der Waals surface area contributed by atoms with E-state index < -0.39 is 0 Å². The maximum atomic E-state index is 14.3. The summed E-state index contributed by atoms with van der Waals surface area (Å²) in [6, 6.07) is 4.80. The number of halogens is 1. The average molecular weight is 277 g/mol. The zero-order chi connectivity index (χ0) is 14.1. The van der Waals surface area contributed by atoms with Gasteiger partial charge in [-0.1, -0.05) is 5.16 Å². The molecule has 2 fully saturated rings. The normalized spacial score (nSPS) is 19.1. The standard InChI is InChI=1S/C15H20FN3O/c16-13-7-12(15(17)18-20)5-6-14(13)19(8-10-1-2-10)9-11-3-4-11/h5-7,10-11,20H,1-4,8-9H2,(H2,17,18). The van der Waals surface area contributed by atoms with E-state index in [1.807, 2.05) is 0 Å². The summed E-state index contributed by atoms with van der Waals surface area (Å²) in [6.45, 7) is 1.88. The van der Waals surface area contributed by atoms with Gasteiger partial charge in [0.2, 0.25) is 0 Å². The summed E-state index contributed by atoms with van der Waals surface area (Å²) in [6.07, 6.45) is 5.02.